The summed E-state index contributed by atoms with van der Waals surface area (Å²) in [5.74, 6) is 0. The molecule has 0 bridgehead atoms. The van der Waals surface area contributed by atoms with Gasteiger partial charge in [-0.15, -0.1) is 0 Å². The fourth-order valence-electron chi connectivity index (χ4n) is 4.32. The molecule has 4 aromatic carbocycles. The van der Waals surface area contributed by atoms with Gasteiger partial charge >= 0.3 is 0 Å². The van der Waals surface area contributed by atoms with E-state index in [-0.39, 0.29) is 6.61 Å². The van der Waals surface area contributed by atoms with E-state index in [4.69, 9.17) is 4.74 Å². The zero-order valence-corrected chi connectivity index (χ0v) is 17.6. The summed E-state index contributed by atoms with van der Waals surface area (Å²) in [5, 5.41) is 11.1. The van der Waals surface area contributed by atoms with Crippen LogP contribution in [0.4, 0.5) is 0 Å². The Morgan fingerprint density at radius 3 is 1.39 bits per heavy atom. The van der Waals surface area contributed by atoms with Crippen LogP contribution < -0.4 is 0 Å². The second kappa shape index (κ2) is 10.2. The maximum Gasteiger partial charge on any atom is 0.0788 e. The number of hydrogen-bond donors (Lipinski definition) is 1. The summed E-state index contributed by atoms with van der Waals surface area (Å²) in [6.07, 6.45) is -0.0934. The van der Waals surface area contributed by atoms with E-state index in [2.05, 4.69) is 72.8 Å². The molecule has 0 fully saturated rings. The minimum atomic E-state index is -0.621. The van der Waals surface area contributed by atoms with Crippen LogP contribution in [0.2, 0.25) is 0 Å². The number of hydrogen-bond acceptors (Lipinski definition) is 2. The summed E-state index contributed by atoms with van der Waals surface area (Å²) >= 11 is 0. The Kier molecular flexibility index (Phi) is 6.93. The molecule has 2 nitrogen and oxygen atoms in total. The lowest BCUT2D eigenvalue weighted by molar-refractivity contribution is 0.0183. The van der Waals surface area contributed by atoms with Crippen LogP contribution in [-0.2, 0) is 16.8 Å². The summed E-state index contributed by atoms with van der Waals surface area (Å²) in [7, 11) is 0. The molecule has 1 N–H and O–H groups in total. The van der Waals surface area contributed by atoms with Crippen molar-refractivity contribution in [3.63, 3.8) is 0 Å². The van der Waals surface area contributed by atoms with Gasteiger partial charge in [0.2, 0.25) is 0 Å². The van der Waals surface area contributed by atoms with Crippen molar-refractivity contribution in [2.45, 2.75) is 24.5 Å². The lowest BCUT2D eigenvalue weighted by Gasteiger charge is -2.37. The molecule has 0 saturated carbocycles. The Labute approximate surface area is 184 Å². The van der Waals surface area contributed by atoms with Crippen molar-refractivity contribution in [3.8, 4) is 0 Å². The largest absolute Gasteiger partial charge is 0.391 e. The number of ether oxygens (including phenoxy) is 1. The van der Waals surface area contributed by atoms with Crippen molar-refractivity contribution >= 4 is 0 Å². The number of aliphatic hydroxyl groups is 1. The standard InChI is InChI=1S/C29H28O2/c30-28(23-31-22-24-13-5-1-6-14-24)21-29(25-15-7-2-8-16-25,26-17-9-3-10-18-26)27-19-11-4-12-20-27/h1-20,28,30H,21-23H2. The van der Waals surface area contributed by atoms with E-state index < -0.39 is 11.5 Å². The number of rotatable bonds is 9. The lowest BCUT2D eigenvalue weighted by Crippen LogP contribution is -2.35. The highest BCUT2D eigenvalue weighted by Crippen LogP contribution is 2.43. The van der Waals surface area contributed by atoms with Gasteiger partial charge in [0, 0.05) is 5.41 Å². The van der Waals surface area contributed by atoms with E-state index in [1.54, 1.807) is 0 Å². The third-order valence-corrected chi connectivity index (χ3v) is 5.76. The minimum Gasteiger partial charge on any atom is -0.391 e. The molecule has 4 aromatic rings. The van der Waals surface area contributed by atoms with Gasteiger partial charge in [0.15, 0.2) is 0 Å². The minimum absolute atomic E-state index is 0.281. The molecule has 0 radical (unpaired) electrons. The highest BCUT2D eigenvalue weighted by atomic mass is 16.5. The van der Waals surface area contributed by atoms with Gasteiger partial charge in [0.05, 0.1) is 19.3 Å². The molecular weight excluding hydrogens is 380 g/mol. The monoisotopic (exact) mass is 408 g/mol. The van der Waals surface area contributed by atoms with Crippen molar-refractivity contribution in [1.29, 1.82) is 0 Å². The second-order valence-corrected chi connectivity index (χ2v) is 7.86. The zero-order valence-electron chi connectivity index (χ0n) is 17.6. The van der Waals surface area contributed by atoms with E-state index in [1.165, 1.54) is 0 Å². The summed E-state index contributed by atoms with van der Waals surface area (Å²) < 4.78 is 5.88. The third kappa shape index (κ3) is 4.93. The fourth-order valence-corrected chi connectivity index (χ4v) is 4.32. The smallest absolute Gasteiger partial charge is 0.0788 e. The Morgan fingerprint density at radius 2 is 0.968 bits per heavy atom. The Hall–Kier alpha value is -3.20. The van der Waals surface area contributed by atoms with Gasteiger partial charge < -0.3 is 9.84 Å². The maximum atomic E-state index is 11.1. The van der Waals surface area contributed by atoms with Crippen molar-refractivity contribution < 1.29 is 9.84 Å². The van der Waals surface area contributed by atoms with Crippen LogP contribution in [0.3, 0.4) is 0 Å². The first-order chi connectivity index (χ1) is 15.3. The molecule has 0 aliphatic rings. The van der Waals surface area contributed by atoms with Crippen molar-refractivity contribution in [1.82, 2.24) is 0 Å². The quantitative estimate of drug-likeness (QED) is 0.345. The maximum absolute atomic E-state index is 11.1. The summed E-state index contributed by atoms with van der Waals surface area (Å²) in [4.78, 5) is 0. The van der Waals surface area contributed by atoms with Crippen LogP contribution in [0, 0.1) is 0 Å². The molecule has 2 heteroatoms. The van der Waals surface area contributed by atoms with Crippen LogP contribution in [0.15, 0.2) is 121 Å². The first-order valence-corrected chi connectivity index (χ1v) is 10.8. The van der Waals surface area contributed by atoms with E-state index >= 15 is 0 Å². The molecule has 0 aromatic heterocycles. The second-order valence-electron chi connectivity index (χ2n) is 7.86. The average molecular weight is 409 g/mol. The molecule has 0 aliphatic heterocycles. The number of aliphatic hydroxyl groups excluding tert-OH is 1. The summed E-state index contributed by atoms with van der Waals surface area (Å²) in [6, 6.07) is 41.4. The van der Waals surface area contributed by atoms with Crippen molar-refractivity contribution in [2.24, 2.45) is 0 Å². The van der Waals surface area contributed by atoms with Gasteiger partial charge in [-0.25, -0.2) is 0 Å². The molecule has 31 heavy (non-hydrogen) atoms. The van der Waals surface area contributed by atoms with Gasteiger partial charge in [-0.05, 0) is 28.7 Å². The number of benzene rings is 4. The molecular formula is C29H28O2. The van der Waals surface area contributed by atoms with Crippen LogP contribution >= 0.6 is 0 Å². The predicted molar refractivity (Wildman–Crippen MR) is 126 cm³/mol. The molecule has 0 aliphatic carbocycles. The normalized spacial score (nSPS) is 12.4. The van der Waals surface area contributed by atoms with Crippen LogP contribution in [0.1, 0.15) is 28.7 Å². The average Bonchev–Trinajstić information content (AvgIpc) is 2.85. The lowest BCUT2D eigenvalue weighted by atomic mass is 9.66. The molecule has 0 spiro atoms. The van der Waals surface area contributed by atoms with Gasteiger partial charge in [0.25, 0.3) is 0 Å². The Bertz CT molecular complexity index is 934. The first kappa shape index (κ1) is 21.0. The predicted octanol–water partition coefficient (Wildman–Crippen LogP) is 5.99. The summed E-state index contributed by atoms with van der Waals surface area (Å²) in [5.41, 5.74) is 4.12. The van der Waals surface area contributed by atoms with E-state index in [0.717, 1.165) is 22.3 Å². The summed E-state index contributed by atoms with van der Waals surface area (Å²) in [6.45, 7) is 0.774. The van der Waals surface area contributed by atoms with Crippen molar-refractivity contribution in [2.75, 3.05) is 6.61 Å². The molecule has 0 saturated heterocycles. The Morgan fingerprint density at radius 1 is 0.581 bits per heavy atom. The van der Waals surface area contributed by atoms with Gasteiger partial charge in [0.1, 0.15) is 0 Å². The van der Waals surface area contributed by atoms with Crippen LogP contribution in [0.5, 0.6) is 0 Å². The molecule has 1 atom stereocenters. The topological polar surface area (TPSA) is 29.5 Å². The van der Waals surface area contributed by atoms with E-state index in [1.807, 2.05) is 48.5 Å². The Balaban J connectivity index is 1.66. The van der Waals surface area contributed by atoms with Gasteiger partial charge in [-0.2, -0.15) is 0 Å². The fraction of sp³-hybridized carbons (Fsp3) is 0.172. The van der Waals surface area contributed by atoms with Crippen molar-refractivity contribution in [3.05, 3.63) is 144 Å². The van der Waals surface area contributed by atoms with Crippen LogP contribution in [0.25, 0.3) is 0 Å². The molecule has 0 heterocycles. The molecule has 4 rings (SSSR count). The highest BCUT2D eigenvalue weighted by molar-refractivity contribution is 5.50. The SMILES string of the molecule is OC(COCc1ccccc1)CC(c1ccccc1)(c1ccccc1)c1ccccc1. The molecule has 0 amide bonds. The van der Waals surface area contributed by atoms with Crippen LogP contribution in [-0.4, -0.2) is 17.8 Å². The van der Waals surface area contributed by atoms with Gasteiger partial charge in [-0.1, -0.05) is 121 Å². The first-order valence-electron chi connectivity index (χ1n) is 10.8. The molecule has 1 unspecified atom stereocenters. The molecule has 156 valence electrons. The third-order valence-electron chi connectivity index (χ3n) is 5.76. The van der Waals surface area contributed by atoms with E-state index in [9.17, 15) is 5.11 Å². The van der Waals surface area contributed by atoms with E-state index in [0.29, 0.717) is 13.0 Å². The zero-order chi connectivity index (χ0) is 21.4. The highest BCUT2D eigenvalue weighted by Gasteiger charge is 2.38. The van der Waals surface area contributed by atoms with Gasteiger partial charge in [-0.3, -0.25) is 0 Å².